The highest BCUT2D eigenvalue weighted by molar-refractivity contribution is 7.98. The van der Waals surface area contributed by atoms with Gasteiger partial charge in [0.2, 0.25) is 0 Å². The minimum Gasteiger partial charge on any atom is -0.453 e. The fourth-order valence-electron chi connectivity index (χ4n) is 1.89. The van der Waals surface area contributed by atoms with Crippen LogP contribution in [0.15, 0.2) is 27.5 Å². The van der Waals surface area contributed by atoms with Crippen molar-refractivity contribution in [3.05, 3.63) is 29.5 Å². The van der Waals surface area contributed by atoms with E-state index in [0.29, 0.717) is 5.76 Å². The molecular weight excluding hydrogens is 220 g/mol. The zero-order valence-electron chi connectivity index (χ0n) is 9.66. The summed E-state index contributed by atoms with van der Waals surface area (Å²) < 4.78 is 5.63. The van der Waals surface area contributed by atoms with Crippen LogP contribution >= 0.6 is 11.8 Å². The largest absolute Gasteiger partial charge is 0.453 e. The van der Waals surface area contributed by atoms with E-state index in [1.54, 1.807) is 18.7 Å². The van der Waals surface area contributed by atoms with Gasteiger partial charge >= 0.3 is 0 Å². The molecule has 2 nitrogen and oxygen atoms in total. The molecule has 1 aromatic carbocycles. The number of Topliss-reactive ketones (excluding diaryl/α,β-unsaturated/α-hetero) is 1. The van der Waals surface area contributed by atoms with Crippen LogP contribution in [0, 0.1) is 0 Å². The predicted octanol–water partition coefficient (Wildman–Crippen LogP) is 3.92. The molecule has 1 aromatic heterocycles. The van der Waals surface area contributed by atoms with E-state index in [1.165, 1.54) is 0 Å². The molecule has 0 aliphatic heterocycles. The van der Waals surface area contributed by atoms with Gasteiger partial charge in [0, 0.05) is 22.8 Å². The van der Waals surface area contributed by atoms with Gasteiger partial charge in [-0.15, -0.1) is 11.8 Å². The number of aryl methyl sites for hydroxylation is 1. The van der Waals surface area contributed by atoms with Crippen LogP contribution in [0.25, 0.3) is 11.0 Å². The molecule has 0 saturated carbocycles. The Labute approximate surface area is 99.0 Å². The maximum absolute atomic E-state index is 11.5. The van der Waals surface area contributed by atoms with E-state index in [9.17, 15) is 4.79 Å². The topological polar surface area (TPSA) is 30.2 Å². The van der Waals surface area contributed by atoms with E-state index in [1.807, 2.05) is 25.3 Å². The highest BCUT2D eigenvalue weighted by Gasteiger charge is 2.16. The Morgan fingerprint density at radius 1 is 1.44 bits per heavy atom. The molecule has 0 saturated heterocycles. The maximum atomic E-state index is 11.5. The van der Waals surface area contributed by atoms with Crippen LogP contribution in [-0.2, 0) is 6.42 Å². The fourth-order valence-corrected chi connectivity index (χ4v) is 2.32. The lowest BCUT2D eigenvalue weighted by molar-refractivity contribution is 0.0988. The first-order valence-corrected chi connectivity index (χ1v) is 6.50. The number of carbonyl (C=O) groups excluding carboxylic acids is 1. The molecule has 0 spiro atoms. The summed E-state index contributed by atoms with van der Waals surface area (Å²) in [4.78, 5) is 12.6. The Morgan fingerprint density at radius 2 is 2.19 bits per heavy atom. The molecule has 0 N–H and O–H groups in total. The molecule has 0 radical (unpaired) electrons. The SMILES string of the molecule is CCc1c(C(C)=O)oc2cc(SC)ccc12. The Hall–Kier alpha value is -1.22. The first-order chi connectivity index (χ1) is 7.67. The highest BCUT2D eigenvalue weighted by atomic mass is 32.2. The van der Waals surface area contributed by atoms with E-state index < -0.39 is 0 Å². The number of rotatable bonds is 3. The fraction of sp³-hybridized carbons (Fsp3) is 0.308. The van der Waals surface area contributed by atoms with Crippen LogP contribution in [0.5, 0.6) is 0 Å². The van der Waals surface area contributed by atoms with Gasteiger partial charge in [0.25, 0.3) is 0 Å². The number of carbonyl (C=O) groups is 1. The van der Waals surface area contributed by atoms with Crippen LogP contribution in [0.1, 0.15) is 30.0 Å². The quantitative estimate of drug-likeness (QED) is 0.595. The number of benzene rings is 1. The third-order valence-corrected chi connectivity index (χ3v) is 3.40. The molecule has 0 atom stereocenters. The van der Waals surface area contributed by atoms with Crippen molar-refractivity contribution < 1.29 is 9.21 Å². The number of ketones is 1. The van der Waals surface area contributed by atoms with Crippen molar-refractivity contribution in [3.8, 4) is 0 Å². The molecule has 0 fully saturated rings. The summed E-state index contributed by atoms with van der Waals surface area (Å²) in [6.07, 6.45) is 2.84. The van der Waals surface area contributed by atoms with E-state index in [0.717, 1.165) is 27.8 Å². The molecule has 16 heavy (non-hydrogen) atoms. The second-order valence-corrected chi connectivity index (χ2v) is 4.56. The van der Waals surface area contributed by atoms with Gasteiger partial charge in [-0.25, -0.2) is 0 Å². The van der Waals surface area contributed by atoms with Crippen molar-refractivity contribution in [1.29, 1.82) is 0 Å². The minimum atomic E-state index is -0.00116. The van der Waals surface area contributed by atoms with Crippen LogP contribution in [0.2, 0.25) is 0 Å². The first kappa shape index (κ1) is 11.3. The third kappa shape index (κ3) is 1.76. The smallest absolute Gasteiger partial charge is 0.195 e. The van der Waals surface area contributed by atoms with Crippen molar-refractivity contribution in [3.63, 3.8) is 0 Å². The second-order valence-electron chi connectivity index (χ2n) is 3.68. The number of fused-ring (bicyclic) bond motifs is 1. The van der Waals surface area contributed by atoms with E-state index >= 15 is 0 Å². The molecule has 0 aliphatic carbocycles. The Bertz CT molecular complexity index is 540. The van der Waals surface area contributed by atoms with Gasteiger partial charge in [0.05, 0.1) is 0 Å². The van der Waals surface area contributed by atoms with Crippen LogP contribution in [0.4, 0.5) is 0 Å². The molecule has 0 unspecified atom stereocenters. The van der Waals surface area contributed by atoms with Crippen LogP contribution in [-0.4, -0.2) is 12.0 Å². The molecule has 2 aromatic rings. The summed E-state index contributed by atoms with van der Waals surface area (Å²) in [5, 5.41) is 1.06. The summed E-state index contributed by atoms with van der Waals surface area (Å²) in [5.41, 5.74) is 1.84. The lowest BCUT2D eigenvalue weighted by Crippen LogP contribution is -1.93. The first-order valence-electron chi connectivity index (χ1n) is 5.27. The maximum Gasteiger partial charge on any atom is 0.195 e. The van der Waals surface area contributed by atoms with Crippen molar-refractivity contribution in [1.82, 2.24) is 0 Å². The zero-order valence-corrected chi connectivity index (χ0v) is 10.5. The normalized spacial score (nSPS) is 10.9. The van der Waals surface area contributed by atoms with Gasteiger partial charge in [-0.2, -0.15) is 0 Å². The van der Waals surface area contributed by atoms with Gasteiger partial charge in [-0.05, 0) is 30.9 Å². The number of hydrogen-bond acceptors (Lipinski definition) is 3. The van der Waals surface area contributed by atoms with Crippen molar-refractivity contribution in [2.75, 3.05) is 6.26 Å². The van der Waals surface area contributed by atoms with Gasteiger partial charge in [0.15, 0.2) is 11.5 Å². The van der Waals surface area contributed by atoms with Gasteiger partial charge < -0.3 is 4.42 Å². The molecule has 0 amide bonds. The lowest BCUT2D eigenvalue weighted by atomic mass is 10.1. The summed E-state index contributed by atoms with van der Waals surface area (Å²) in [7, 11) is 0. The number of hydrogen-bond donors (Lipinski definition) is 0. The highest BCUT2D eigenvalue weighted by Crippen LogP contribution is 2.29. The Balaban J connectivity index is 2.71. The van der Waals surface area contributed by atoms with Crippen molar-refractivity contribution in [2.45, 2.75) is 25.2 Å². The van der Waals surface area contributed by atoms with E-state index in [4.69, 9.17) is 4.42 Å². The molecule has 0 aliphatic rings. The standard InChI is InChI=1S/C13H14O2S/c1-4-10-11-6-5-9(16-3)7-12(11)15-13(10)8(2)14/h5-7H,4H2,1-3H3. The summed E-state index contributed by atoms with van der Waals surface area (Å²) in [6, 6.07) is 6.09. The van der Waals surface area contributed by atoms with Gasteiger partial charge in [-0.1, -0.05) is 6.92 Å². The van der Waals surface area contributed by atoms with E-state index in [2.05, 4.69) is 6.07 Å². The van der Waals surface area contributed by atoms with Crippen LogP contribution in [0.3, 0.4) is 0 Å². The predicted molar refractivity (Wildman–Crippen MR) is 67.4 cm³/mol. The van der Waals surface area contributed by atoms with Gasteiger partial charge in [-0.3, -0.25) is 4.79 Å². The molecular formula is C13H14O2S. The minimum absolute atomic E-state index is 0.00116. The van der Waals surface area contributed by atoms with Crippen LogP contribution < -0.4 is 0 Å². The molecule has 3 heteroatoms. The second kappa shape index (κ2) is 4.34. The van der Waals surface area contributed by atoms with E-state index in [-0.39, 0.29) is 5.78 Å². The van der Waals surface area contributed by atoms with Crippen molar-refractivity contribution >= 4 is 28.5 Å². The molecule has 0 bridgehead atoms. The lowest BCUT2D eigenvalue weighted by Gasteiger charge is -1.96. The summed E-state index contributed by atoms with van der Waals surface area (Å²) in [5.74, 6) is 0.509. The average molecular weight is 234 g/mol. The molecule has 84 valence electrons. The third-order valence-electron chi connectivity index (χ3n) is 2.67. The number of furan rings is 1. The zero-order chi connectivity index (χ0) is 11.7. The monoisotopic (exact) mass is 234 g/mol. The average Bonchev–Trinajstić information content (AvgIpc) is 2.66. The molecule has 2 rings (SSSR count). The summed E-state index contributed by atoms with van der Waals surface area (Å²) >= 11 is 1.67. The molecule has 1 heterocycles. The number of thioether (sulfide) groups is 1. The van der Waals surface area contributed by atoms with Crippen molar-refractivity contribution in [2.24, 2.45) is 0 Å². The summed E-state index contributed by atoms with van der Waals surface area (Å²) in [6.45, 7) is 3.59. The van der Waals surface area contributed by atoms with Gasteiger partial charge in [0.1, 0.15) is 5.58 Å². The Morgan fingerprint density at radius 3 is 2.75 bits per heavy atom. The Kier molecular flexibility index (Phi) is 3.06.